The number of benzene rings is 1. The summed E-state index contributed by atoms with van der Waals surface area (Å²) < 4.78 is 0. The summed E-state index contributed by atoms with van der Waals surface area (Å²) in [7, 11) is 0. The van der Waals surface area contributed by atoms with E-state index in [4.69, 9.17) is 5.11 Å². The SMILES string of the molecule is CCC(N[C@H](C)CCO)c1ccccc1. The van der Waals surface area contributed by atoms with Gasteiger partial charge in [-0.3, -0.25) is 0 Å². The smallest absolute Gasteiger partial charge is 0.0445 e. The Kier molecular flexibility index (Phi) is 5.37. The molecular formula is C13H21NO. The van der Waals surface area contributed by atoms with Gasteiger partial charge in [-0.05, 0) is 25.3 Å². The van der Waals surface area contributed by atoms with Crippen LogP contribution in [0.3, 0.4) is 0 Å². The zero-order valence-electron chi connectivity index (χ0n) is 9.61. The van der Waals surface area contributed by atoms with Crippen LogP contribution >= 0.6 is 0 Å². The Labute approximate surface area is 92.3 Å². The topological polar surface area (TPSA) is 32.3 Å². The van der Waals surface area contributed by atoms with Crippen LogP contribution in [-0.2, 0) is 0 Å². The first kappa shape index (κ1) is 12.2. The molecule has 1 rings (SSSR count). The lowest BCUT2D eigenvalue weighted by Crippen LogP contribution is -2.30. The first-order valence-corrected chi connectivity index (χ1v) is 5.69. The van der Waals surface area contributed by atoms with Gasteiger partial charge in [-0.15, -0.1) is 0 Å². The quantitative estimate of drug-likeness (QED) is 0.751. The lowest BCUT2D eigenvalue weighted by atomic mass is 10.0. The molecule has 1 aromatic rings. The molecule has 0 saturated heterocycles. The maximum atomic E-state index is 8.85. The van der Waals surface area contributed by atoms with Gasteiger partial charge in [-0.1, -0.05) is 37.3 Å². The van der Waals surface area contributed by atoms with E-state index in [1.807, 2.05) is 6.07 Å². The molecule has 0 aromatic heterocycles. The van der Waals surface area contributed by atoms with Crippen molar-refractivity contribution in [2.45, 2.75) is 38.8 Å². The van der Waals surface area contributed by atoms with E-state index in [-0.39, 0.29) is 6.61 Å². The summed E-state index contributed by atoms with van der Waals surface area (Å²) in [6.45, 7) is 4.54. The summed E-state index contributed by atoms with van der Waals surface area (Å²) in [5, 5.41) is 12.4. The van der Waals surface area contributed by atoms with Crippen molar-refractivity contribution in [3.8, 4) is 0 Å². The molecule has 0 heterocycles. The molecule has 0 fully saturated rings. The number of hydrogen-bond acceptors (Lipinski definition) is 2. The van der Waals surface area contributed by atoms with Crippen LogP contribution in [0.15, 0.2) is 30.3 Å². The van der Waals surface area contributed by atoms with Gasteiger partial charge in [-0.2, -0.15) is 0 Å². The fourth-order valence-electron chi connectivity index (χ4n) is 1.76. The van der Waals surface area contributed by atoms with Crippen LogP contribution in [0.5, 0.6) is 0 Å². The van der Waals surface area contributed by atoms with Crippen LogP contribution in [0.4, 0.5) is 0 Å². The van der Waals surface area contributed by atoms with Crippen LogP contribution in [0.1, 0.15) is 38.3 Å². The minimum absolute atomic E-state index is 0.249. The zero-order chi connectivity index (χ0) is 11.1. The number of nitrogens with one attached hydrogen (secondary N) is 1. The Balaban J connectivity index is 2.56. The van der Waals surface area contributed by atoms with Gasteiger partial charge in [0.05, 0.1) is 0 Å². The lowest BCUT2D eigenvalue weighted by molar-refractivity contribution is 0.262. The molecule has 15 heavy (non-hydrogen) atoms. The van der Waals surface area contributed by atoms with Crippen LogP contribution in [0, 0.1) is 0 Å². The van der Waals surface area contributed by atoms with Gasteiger partial charge in [0.25, 0.3) is 0 Å². The minimum atomic E-state index is 0.249. The highest BCUT2D eigenvalue weighted by Gasteiger charge is 2.11. The Hall–Kier alpha value is -0.860. The Morgan fingerprint density at radius 3 is 2.47 bits per heavy atom. The summed E-state index contributed by atoms with van der Waals surface area (Å²) in [5.41, 5.74) is 1.32. The molecule has 2 atom stereocenters. The molecule has 1 unspecified atom stereocenters. The summed E-state index contributed by atoms with van der Waals surface area (Å²) >= 11 is 0. The highest BCUT2D eigenvalue weighted by Crippen LogP contribution is 2.16. The maximum Gasteiger partial charge on any atom is 0.0445 e. The Bertz CT molecular complexity index is 260. The fourth-order valence-corrected chi connectivity index (χ4v) is 1.76. The third-order valence-electron chi connectivity index (χ3n) is 2.66. The summed E-state index contributed by atoms with van der Waals surface area (Å²) in [6, 6.07) is 11.2. The summed E-state index contributed by atoms with van der Waals surface area (Å²) in [4.78, 5) is 0. The second kappa shape index (κ2) is 6.59. The Morgan fingerprint density at radius 1 is 1.27 bits per heavy atom. The average Bonchev–Trinajstić information content (AvgIpc) is 2.27. The third kappa shape index (κ3) is 4.02. The van der Waals surface area contributed by atoms with E-state index in [9.17, 15) is 0 Å². The van der Waals surface area contributed by atoms with Crippen molar-refractivity contribution < 1.29 is 5.11 Å². The van der Waals surface area contributed by atoms with Crippen LogP contribution in [0.25, 0.3) is 0 Å². The molecule has 2 nitrogen and oxygen atoms in total. The third-order valence-corrected chi connectivity index (χ3v) is 2.66. The second-order valence-electron chi connectivity index (χ2n) is 3.95. The van der Waals surface area contributed by atoms with E-state index in [1.165, 1.54) is 5.56 Å². The number of rotatable bonds is 6. The van der Waals surface area contributed by atoms with Crippen molar-refractivity contribution in [2.24, 2.45) is 0 Å². The average molecular weight is 207 g/mol. The predicted molar refractivity (Wildman–Crippen MR) is 63.8 cm³/mol. The number of hydrogen-bond donors (Lipinski definition) is 2. The molecule has 0 bridgehead atoms. The van der Waals surface area contributed by atoms with Crippen molar-refractivity contribution in [3.63, 3.8) is 0 Å². The maximum absolute atomic E-state index is 8.85. The second-order valence-corrected chi connectivity index (χ2v) is 3.95. The molecule has 1 aromatic carbocycles. The van der Waals surface area contributed by atoms with Crippen molar-refractivity contribution in [2.75, 3.05) is 6.61 Å². The highest BCUT2D eigenvalue weighted by atomic mass is 16.3. The molecule has 0 radical (unpaired) electrons. The van der Waals surface area contributed by atoms with Gasteiger partial charge in [0, 0.05) is 18.7 Å². The Morgan fingerprint density at radius 2 is 1.93 bits per heavy atom. The monoisotopic (exact) mass is 207 g/mol. The molecule has 0 spiro atoms. The highest BCUT2D eigenvalue weighted by molar-refractivity contribution is 5.18. The van der Waals surface area contributed by atoms with Crippen molar-refractivity contribution in [3.05, 3.63) is 35.9 Å². The van der Waals surface area contributed by atoms with Gasteiger partial charge >= 0.3 is 0 Å². The molecular weight excluding hydrogens is 186 g/mol. The van der Waals surface area contributed by atoms with Crippen molar-refractivity contribution in [1.29, 1.82) is 0 Å². The predicted octanol–water partition coefficient (Wildman–Crippen LogP) is 2.50. The largest absolute Gasteiger partial charge is 0.396 e. The van der Waals surface area contributed by atoms with Gasteiger partial charge in [-0.25, -0.2) is 0 Å². The van der Waals surface area contributed by atoms with Gasteiger partial charge in [0.1, 0.15) is 0 Å². The van der Waals surface area contributed by atoms with E-state index in [0.717, 1.165) is 12.8 Å². The minimum Gasteiger partial charge on any atom is -0.396 e. The molecule has 0 saturated carbocycles. The standard InChI is InChI=1S/C13H21NO/c1-3-13(14-11(2)9-10-15)12-7-5-4-6-8-12/h4-8,11,13-15H,3,9-10H2,1-2H3/t11-,13?/m1/s1. The van der Waals surface area contributed by atoms with Crippen molar-refractivity contribution >= 4 is 0 Å². The van der Waals surface area contributed by atoms with Gasteiger partial charge in [0.15, 0.2) is 0 Å². The fraction of sp³-hybridized carbons (Fsp3) is 0.538. The van der Waals surface area contributed by atoms with Gasteiger partial charge in [0.2, 0.25) is 0 Å². The molecule has 2 heteroatoms. The molecule has 0 aliphatic carbocycles. The number of aliphatic hydroxyl groups is 1. The van der Waals surface area contributed by atoms with E-state index < -0.39 is 0 Å². The van der Waals surface area contributed by atoms with Crippen LogP contribution < -0.4 is 5.32 Å². The lowest BCUT2D eigenvalue weighted by Gasteiger charge is -2.22. The normalized spacial score (nSPS) is 14.9. The van der Waals surface area contributed by atoms with E-state index in [2.05, 4.69) is 43.4 Å². The molecule has 0 aliphatic heterocycles. The first-order valence-electron chi connectivity index (χ1n) is 5.69. The van der Waals surface area contributed by atoms with E-state index in [1.54, 1.807) is 0 Å². The zero-order valence-corrected chi connectivity index (χ0v) is 9.61. The summed E-state index contributed by atoms with van der Waals surface area (Å²) in [6.07, 6.45) is 1.88. The van der Waals surface area contributed by atoms with E-state index in [0.29, 0.717) is 12.1 Å². The van der Waals surface area contributed by atoms with E-state index >= 15 is 0 Å². The van der Waals surface area contributed by atoms with Crippen LogP contribution in [0.2, 0.25) is 0 Å². The molecule has 84 valence electrons. The molecule has 0 aliphatic rings. The summed E-state index contributed by atoms with van der Waals surface area (Å²) in [5.74, 6) is 0. The van der Waals surface area contributed by atoms with Gasteiger partial charge < -0.3 is 10.4 Å². The molecule has 2 N–H and O–H groups in total. The van der Waals surface area contributed by atoms with Crippen molar-refractivity contribution in [1.82, 2.24) is 5.32 Å². The van der Waals surface area contributed by atoms with Crippen LogP contribution in [-0.4, -0.2) is 17.8 Å². The molecule has 0 amide bonds. The first-order chi connectivity index (χ1) is 7.27. The number of aliphatic hydroxyl groups excluding tert-OH is 1.